The highest BCUT2D eigenvalue weighted by Gasteiger charge is 2.51. The lowest BCUT2D eigenvalue weighted by molar-refractivity contribution is -0.359. The van der Waals surface area contributed by atoms with Gasteiger partial charge < -0.3 is 65.1 Å². The summed E-state index contributed by atoms with van der Waals surface area (Å²) in [7, 11) is 0. The first-order chi connectivity index (χ1) is 46.1. The van der Waals surface area contributed by atoms with Gasteiger partial charge in [0, 0.05) is 6.42 Å². The summed E-state index contributed by atoms with van der Waals surface area (Å²) in [6, 6.07) is -0.829. The Bertz CT molecular complexity index is 1670. The van der Waals surface area contributed by atoms with Gasteiger partial charge in [0.25, 0.3) is 0 Å². The highest BCUT2D eigenvalue weighted by Crippen LogP contribution is 2.30. The van der Waals surface area contributed by atoms with Crippen LogP contribution in [-0.2, 0) is 23.7 Å². The van der Waals surface area contributed by atoms with E-state index in [0.717, 1.165) is 57.8 Å². The van der Waals surface area contributed by atoms with Crippen LogP contribution < -0.4 is 5.32 Å². The Hall–Kier alpha value is -1.53. The minimum Gasteiger partial charge on any atom is -0.394 e. The molecule has 0 aromatic heterocycles. The number of nitrogens with one attached hydrogen (secondary N) is 1. The van der Waals surface area contributed by atoms with E-state index in [4.69, 9.17) is 18.9 Å². The van der Waals surface area contributed by atoms with E-state index in [0.29, 0.717) is 12.8 Å². The van der Waals surface area contributed by atoms with E-state index in [1.165, 1.54) is 302 Å². The zero-order valence-electron chi connectivity index (χ0n) is 61.0. The third kappa shape index (κ3) is 47.5. The first-order valence-electron chi connectivity index (χ1n) is 40.6. The summed E-state index contributed by atoms with van der Waals surface area (Å²) in [4.78, 5) is 13.4. The zero-order chi connectivity index (χ0) is 68.0. The number of carbonyl (C=O) groups excluding carboxylic acids is 1. The summed E-state index contributed by atoms with van der Waals surface area (Å²) >= 11 is 0. The first-order valence-corrected chi connectivity index (χ1v) is 40.6. The fraction of sp³-hybridized carbons (Fsp3) is 0.938. The third-order valence-electron chi connectivity index (χ3n) is 20.2. The summed E-state index contributed by atoms with van der Waals surface area (Å²) in [5.41, 5.74) is 0. The topological polar surface area (TPSA) is 228 Å². The van der Waals surface area contributed by atoms with E-state index < -0.39 is 86.8 Å². The van der Waals surface area contributed by atoms with Crippen molar-refractivity contribution in [2.45, 2.75) is 460 Å². The average molecular weight is 1340 g/mol. The van der Waals surface area contributed by atoms with E-state index in [2.05, 4.69) is 43.5 Å². The summed E-state index contributed by atoms with van der Waals surface area (Å²) in [6.45, 7) is 2.92. The number of unbranched alkanes of at least 4 members (excludes halogenated alkanes) is 52. The maximum atomic E-state index is 13.4. The molecule has 2 aliphatic rings. The minimum absolute atomic E-state index is 0.198. The van der Waals surface area contributed by atoms with Gasteiger partial charge in [-0.15, -0.1) is 0 Å². The van der Waals surface area contributed by atoms with E-state index in [1.807, 2.05) is 0 Å². The van der Waals surface area contributed by atoms with Crippen LogP contribution in [0.3, 0.4) is 0 Å². The molecule has 14 heteroatoms. The summed E-state index contributed by atoms with van der Waals surface area (Å²) in [5.74, 6) is -0.198. The molecule has 556 valence electrons. The Morgan fingerprint density at radius 1 is 0.383 bits per heavy atom. The Morgan fingerprint density at radius 2 is 0.702 bits per heavy atom. The molecule has 2 saturated heterocycles. The molecular weight excluding hydrogens is 1180 g/mol. The van der Waals surface area contributed by atoms with Gasteiger partial charge in [-0.25, -0.2) is 0 Å². The second-order valence-electron chi connectivity index (χ2n) is 28.9. The molecule has 2 rings (SSSR count). The number of ether oxygens (including phenoxy) is 4. The highest BCUT2D eigenvalue weighted by atomic mass is 16.7. The molecule has 14 nitrogen and oxygen atoms in total. The molecule has 0 aromatic rings. The van der Waals surface area contributed by atoms with Gasteiger partial charge in [-0.2, -0.15) is 0 Å². The molecule has 0 radical (unpaired) electrons. The van der Waals surface area contributed by atoms with Crippen LogP contribution in [0.2, 0.25) is 0 Å². The average Bonchev–Trinajstić information content (AvgIpc) is 0.794. The maximum absolute atomic E-state index is 13.4. The Labute approximate surface area is 577 Å². The molecule has 1 amide bonds. The number of aliphatic hydroxyl groups excluding tert-OH is 8. The third-order valence-corrected chi connectivity index (χ3v) is 20.2. The first kappa shape index (κ1) is 88.6. The highest BCUT2D eigenvalue weighted by molar-refractivity contribution is 5.76. The Balaban J connectivity index is 1.60. The standard InChI is InChI=1S/C80H153NO13/c1-3-5-7-9-11-13-15-17-19-21-23-25-27-29-31-33-34-36-37-39-41-43-45-47-49-51-53-55-57-59-61-63-69(84)68(67-91-79-77(90)75(88)78(71(66-83)93-79)94-80-76(89)74(87)73(86)70(65-82)92-80)81-72(85)64-62-60-58-56-54-52-50-48-46-44-42-40-38-35-32-30-28-26-24-22-20-18-16-14-12-10-8-6-4-2/h16,18,22,24,68-71,73-80,82-84,86-90H,3-15,17,19-21,23,25-67H2,1-2H3,(H,81,85)/b18-16-,24-22-. The summed E-state index contributed by atoms with van der Waals surface area (Å²) in [6.07, 6.45) is 66.5. The zero-order valence-corrected chi connectivity index (χ0v) is 61.0. The minimum atomic E-state index is -1.78. The largest absolute Gasteiger partial charge is 0.394 e. The molecule has 12 atom stereocenters. The van der Waals surface area contributed by atoms with Gasteiger partial charge in [0.05, 0.1) is 32.0 Å². The lowest BCUT2D eigenvalue weighted by Crippen LogP contribution is -2.65. The van der Waals surface area contributed by atoms with Crippen LogP contribution in [0.4, 0.5) is 0 Å². The van der Waals surface area contributed by atoms with E-state index >= 15 is 0 Å². The molecule has 2 heterocycles. The van der Waals surface area contributed by atoms with Crippen LogP contribution in [0.15, 0.2) is 24.3 Å². The van der Waals surface area contributed by atoms with Gasteiger partial charge in [-0.05, 0) is 44.9 Å². The number of rotatable bonds is 69. The molecular formula is C80H153NO13. The smallest absolute Gasteiger partial charge is 0.220 e. The van der Waals surface area contributed by atoms with Gasteiger partial charge in [-0.1, -0.05) is 359 Å². The van der Waals surface area contributed by atoms with Crippen molar-refractivity contribution in [2.24, 2.45) is 0 Å². The molecule has 0 spiro atoms. The molecule has 12 unspecified atom stereocenters. The molecule has 0 aromatic carbocycles. The monoisotopic (exact) mass is 1340 g/mol. The number of hydrogen-bond donors (Lipinski definition) is 9. The lowest BCUT2D eigenvalue weighted by atomic mass is 9.97. The van der Waals surface area contributed by atoms with Crippen molar-refractivity contribution in [2.75, 3.05) is 19.8 Å². The molecule has 0 saturated carbocycles. The molecule has 0 bridgehead atoms. The van der Waals surface area contributed by atoms with Crippen molar-refractivity contribution in [1.82, 2.24) is 5.32 Å². The van der Waals surface area contributed by atoms with Crippen LogP contribution in [0.5, 0.6) is 0 Å². The SMILES string of the molecule is CCCCCCC/C=C\C/C=C\CCCCCCCCCCCCCCCCCCCC(=O)NC(COC1OC(CO)C(OC2OC(CO)C(O)C(O)C2O)C(O)C1O)C(O)CCCCCCCCCCCCCCCCCCCCCCCCCCCCCCCCC. The quantitative estimate of drug-likeness (QED) is 0.0204. The second-order valence-corrected chi connectivity index (χ2v) is 28.9. The number of carbonyl (C=O) groups is 1. The number of aliphatic hydroxyl groups is 8. The van der Waals surface area contributed by atoms with Crippen molar-refractivity contribution in [3.63, 3.8) is 0 Å². The fourth-order valence-electron chi connectivity index (χ4n) is 13.7. The van der Waals surface area contributed by atoms with Crippen LogP contribution in [0, 0.1) is 0 Å². The summed E-state index contributed by atoms with van der Waals surface area (Å²) in [5, 5.41) is 87.9. The van der Waals surface area contributed by atoms with Crippen molar-refractivity contribution in [1.29, 1.82) is 0 Å². The van der Waals surface area contributed by atoms with Crippen LogP contribution in [0.1, 0.15) is 386 Å². The predicted molar refractivity (Wildman–Crippen MR) is 388 cm³/mol. The number of allylic oxidation sites excluding steroid dienone is 4. The normalized spacial score (nSPS) is 22.5. The van der Waals surface area contributed by atoms with E-state index in [9.17, 15) is 45.6 Å². The summed E-state index contributed by atoms with van der Waals surface area (Å²) < 4.78 is 23.0. The van der Waals surface area contributed by atoms with E-state index in [-0.39, 0.29) is 12.5 Å². The number of hydrogen-bond acceptors (Lipinski definition) is 13. The molecule has 0 aliphatic carbocycles. The van der Waals surface area contributed by atoms with Gasteiger partial charge in [0.15, 0.2) is 12.6 Å². The number of amides is 1. The van der Waals surface area contributed by atoms with Gasteiger partial charge in [-0.3, -0.25) is 4.79 Å². The van der Waals surface area contributed by atoms with Gasteiger partial charge >= 0.3 is 0 Å². The molecule has 2 aliphatic heterocycles. The van der Waals surface area contributed by atoms with Crippen molar-refractivity contribution < 1.29 is 64.6 Å². The second kappa shape index (κ2) is 64.8. The van der Waals surface area contributed by atoms with Crippen molar-refractivity contribution in [3.05, 3.63) is 24.3 Å². The van der Waals surface area contributed by atoms with E-state index in [1.54, 1.807) is 0 Å². The predicted octanol–water partition coefficient (Wildman–Crippen LogP) is 18.3. The van der Waals surface area contributed by atoms with Gasteiger partial charge in [0.1, 0.15) is 48.8 Å². The van der Waals surface area contributed by atoms with Gasteiger partial charge in [0.2, 0.25) is 5.91 Å². The van der Waals surface area contributed by atoms with Crippen molar-refractivity contribution in [3.8, 4) is 0 Å². The molecule has 9 N–H and O–H groups in total. The fourth-order valence-corrected chi connectivity index (χ4v) is 13.7. The van der Waals surface area contributed by atoms with Crippen LogP contribution in [-0.4, -0.2) is 140 Å². The Morgan fingerprint density at radius 3 is 1.06 bits per heavy atom. The maximum Gasteiger partial charge on any atom is 0.220 e. The van der Waals surface area contributed by atoms with Crippen LogP contribution >= 0.6 is 0 Å². The van der Waals surface area contributed by atoms with Crippen molar-refractivity contribution >= 4 is 5.91 Å². The molecule has 94 heavy (non-hydrogen) atoms. The lowest BCUT2D eigenvalue weighted by Gasteiger charge is -2.46. The Kier molecular flexibility index (Phi) is 61.1. The van der Waals surface area contributed by atoms with Crippen LogP contribution in [0.25, 0.3) is 0 Å². The molecule has 2 fully saturated rings.